The van der Waals surface area contributed by atoms with Crippen LogP contribution in [0, 0.1) is 39.4 Å². The molecule has 254 valence electrons. The summed E-state index contributed by atoms with van der Waals surface area (Å²) >= 11 is 0. The zero-order valence-electron chi connectivity index (χ0n) is 29.9. The van der Waals surface area contributed by atoms with Gasteiger partial charge in [0, 0.05) is 29.7 Å². The van der Waals surface area contributed by atoms with Gasteiger partial charge in [-0.3, -0.25) is 9.59 Å². The van der Waals surface area contributed by atoms with Gasteiger partial charge in [0.05, 0.1) is 11.7 Å². The summed E-state index contributed by atoms with van der Waals surface area (Å²) in [5.41, 5.74) is 3.16. The average molecular weight is 634 g/mol. The predicted molar refractivity (Wildman–Crippen MR) is 181 cm³/mol. The number of rotatable bonds is 9. The number of aliphatic hydroxyl groups is 1. The van der Waals surface area contributed by atoms with E-state index in [1.165, 1.54) is 5.57 Å². The number of aromatic hydroxyl groups is 1. The summed E-state index contributed by atoms with van der Waals surface area (Å²) in [7, 11) is 1.90. The molecule has 3 N–H and O–H groups in total. The molecule has 0 aromatic heterocycles. The Morgan fingerprint density at radius 3 is 2.35 bits per heavy atom. The van der Waals surface area contributed by atoms with E-state index >= 15 is 0 Å². The van der Waals surface area contributed by atoms with Gasteiger partial charge in [0.1, 0.15) is 17.6 Å². The number of ether oxygens (including phenoxy) is 1. The van der Waals surface area contributed by atoms with Crippen molar-refractivity contribution < 1.29 is 24.5 Å². The van der Waals surface area contributed by atoms with Crippen LogP contribution in [0.15, 0.2) is 29.3 Å². The molecular weight excluding hydrogens is 574 g/mol. The molecule has 5 aliphatic rings. The number of allylic oxidation sites excluding steroid dienone is 2. The minimum atomic E-state index is -0.564. The Morgan fingerprint density at radius 1 is 1.02 bits per heavy atom. The van der Waals surface area contributed by atoms with Crippen molar-refractivity contribution in [3.63, 3.8) is 0 Å². The van der Waals surface area contributed by atoms with E-state index in [0.29, 0.717) is 36.9 Å². The molecule has 9 atom stereocenters. The molecule has 0 unspecified atom stereocenters. The van der Waals surface area contributed by atoms with E-state index in [0.717, 1.165) is 61.6 Å². The van der Waals surface area contributed by atoms with Crippen LogP contribution in [0.1, 0.15) is 130 Å². The molecule has 1 saturated heterocycles. The van der Waals surface area contributed by atoms with Crippen molar-refractivity contribution in [2.75, 3.05) is 7.05 Å². The Balaban J connectivity index is 1.37. The number of phenols is 1. The first-order valence-corrected chi connectivity index (χ1v) is 18.1. The van der Waals surface area contributed by atoms with Gasteiger partial charge in [-0.25, -0.2) is 0 Å². The molecule has 0 amide bonds. The van der Waals surface area contributed by atoms with Crippen molar-refractivity contribution in [2.45, 2.75) is 143 Å². The fourth-order valence-corrected chi connectivity index (χ4v) is 12.0. The second kappa shape index (κ2) is 11.3. The standard InChI is InChI=1S/C40H59NO5/c1-10-11-24(19-29(43)35-37(4,5)46-35)33-28-12-13-32-38(6)20-27(25-16-23(22-41-9)17-26(42)18-25)34(45)36(2,3)31(38)14-15-39(32,7)40(28,8)21-30(33)44/h16-18,24,27,29,31-32,35,41-43H,10-15,19-22H2,1-9H3/t24-,27+,29-,31-,32+,35+,38-,39+,40+/m1/s1. The molecule has 3 saturated carbocycles. The number of carbonyl (C=O) groups is 2. The molecule has 1 aromatic carbocycles. The third kappa shape index (κ3) is 4.98. The molecule has 1 aliphatic heterocycles. The van der Waals surface area contributed by atoms with Crippen LogP contribution in [0.4, 0.5) is 0 Å². The van der Waals surface area contributed by atoms with Gasteiger partial charge in [-0.1, -0.05) is 59.6 Å². The lowest BCUT2D eigenvalue weighted by molar-refractivity contribution is -0.183. The number of Topliss-reactive ketones (excluding diaryl/α,β-unsaturated/α-hetero) is 2. The normalized spacial score (nSPS) is 39.0. The molecule has 6 nitrogen and oxygen atoms in total. The van der Waals surface area contributed by atoms with Gasteiger partial charge in [-0.2, -0.15) is 0 Å². The SMILES string of the molecule is CCC[C@H](C[C@@H](O)[C@@H]1OC1(C)C)C1=C2CC[C@H]3[C@]4(C)C[C@@H](c5cc(O)cc(CNC)c5)C(=O)C(C)(C)[C@H]4CC[C@]3(C)[C@@]2(C)CC1=O. The molecule has 0 spiro atoms. The molecule has 0 radical (unpaired) electrons. The van der Waals surface area contributed by atoms with Crippen LogP contribution < -0.4 is 5.32 Å². The van der Waals surface area contributed by atoms with Crippen molar-refractivity contribution in [1.29, 1.82) is 0 Å². The molecule has 1 aromatic rings. The summed E-state index contributed by atoms with van der Waals surface area (Å²) in [5.74, 6) is 1.24. The molecule has 4 aliphatic carbocycles. The van der Waals surface area contributed by atoms with Crippen molar-refractivity contribution in [3.8, 4) is 5.75 Å². The summed E-state index contributed by atoms with van der Waals surface area (Å²) in [6.07, 6.45) is 7.01. The third-order valence-corrected chi connectivity index (χ3v) is 14.3. The van der Waals surface area contributed by atoms with Crippen LogP contribution in [-0.4, -0.2) is 46.6 Å². The van der Waals surface area contributed by atoms with E-state index in [1.807, 2.05) is 27.0 Å². The number of epoxide rings is 1. The molecule has 0 bridgehead atoms. The summed E-state index contributed by atoms with van der Waals surface area (Å²) in [6.45, 7) is 18.5. The molecule has 6 heteroatoms. The van der Waals surface area contributed by atoms with Crippen LogP contribution in [0.5, 0.6) is 5.75 Å². The summed E-state index contributed by atoms with van der Waals surface area (Å²) < 4.78 is 5.81. The van der Waals surface area contributed by atoms with Crippen LogP contribution in [-0.2, 0) is 20.9 Å². The minimum absolute atomic E-state index is 0.0598. The maximum Gasteiger partial charge on any atom is 0.160 e. The Hall–Kier alpha value is -2.02. The first-order valence-electron chi connectivity index (χ1n) is 18.1. The van der Waals surface area contributed by atoms with E-state index in [-0.39, 0.29) is 51.5 Å². The number of nitrogens with one attached hydrogen (secondary N) is 1. The van der Waals surface area contributed by atoms with Crippen LogP contribution in [0.25, 0.3) is 0 Å². The number of phenolic OH excluding ortho intramolecular Hbond substituents is 1. The average Bonchev–Trinajstić information content (AvgIpc) is 3.51. The summed E-state index contributed by atoms with van der Waals surface area (Å²) in [4.78, 5) is 28.5. The highest BCUT2D eigenvalue weighted by atomic mass is 16.6. The van der Waals surface area contributed by atoms with Crippen molar-refractivity contribution >= 4 is 11.6 Å². The largest absolute Gasteiger partial charge is 0.508 e. The molecular formula is C40H59NO5. The maximum atomic E-state index is 14.3. The third-order valence-electron chi connectivity index (χ3n) is 14.3. The Bertz CT molecular complexity index is 1440. The lowest BCUT2D eigenvalue weighted by atomic mass is 9.35. The number of hydrogen-bond donors (Lipinski definition) is 3. The summed E-state index contributed by atoms with van der Waals surface area (Å²) in [6, 6.07) is 5.71. The quantitative estimate of drug-likeness (QED) is 0.242. The first-order chi connectivity index (χ1) is 21.4. The van der Waals surface area contributed by atoms with Gasteiger partial charge in [-0.15, -0.1) is 0 Å². The van der Waals surface area contributed by atoms with Crippen LogP contribution in [0.3, 0.4) is 0 Å². The topological polar surface area (TPSA) is 99.2 Å². The van der Waals surface area contributed by atoms with Crippen molar-refractivity contribution in [3.05, 3.63) is 40.5 Å². The van der Waals surface area contributed by atoms with E-state index in [4.69, 9.17) is 4.74 Å². The number of ketones is 2. The van der Waals surface area contributed by atoms with E-state index in [2.05, 4.69) is 52.9 Å². The van der Waals surface area contributed by atoms with Gasteiger partial charge in [0.25, 0.3) is 0 Å². The number of benzene rings is 1. The van der Waals surface area contributed by atoms with E-state index in [9.17, 15) is 19.8 Å². The number of fused-ring (bicyclic) bond motifs is 5. The lowest BCUT2D eigenvalue weighted by Crippen LogP contribution is -2.63. The monoisotopic (exact) mass is 633 g/mol. The number of hydrogen-bond acceptors (Lipinski definition) is 6. The van der Waals surface area contributed by atoms with Gasteiger partial charge in [0.2, 0.25) is 0 Å². The molecule has 1 heterocycles. The smallest absolute Gasteiger partial charge is 0.160 e. The first kappa shape index (κ1) is 33.9. The lowest BCUT2D eigenvalue weighted by Gasteiger charge is -2.68. The zero-order chi connectivity index (χ0) is 33.6. The number of aliphatic hydroxyl groups excluding tert-OH is 1. The maximum absolute atomic E-state index is 14.3. The molecule has 4 fully saturated rings. The van der Waals surface area contributed by atoms with Gasteiger partial charge in [0.15, 0.2) is 5.78 Å². The highest BCUT2D eigenvalue weighted by molar-refractivity contribution is 6.00. The molecule has 46 heavy (non-hydrogen) atoms. The van der Waals surface area contributed by atoms with Crippen LogP contribution >= 0.6 is 0 Å². The fourth-order valence-electron chi connectivity index (χ4n) is 12.0. The van der Waals surface area contributed by atoms with E-state index in [1.54, 1.807) is 6.07 Å². The Kier molecular flexibility index (Phi) is 8.30. The van der Waals surface area contributed by atoms with Crippen LogP contribution in [0.2, 0.25) is 0 Å². The van der Waals surface area contributed by atoms with Gasteiger partial charge >= 0.3 is 0 Å². The Morgan fingerprint density at radius 2 is 1.72 bits per heavy atom. The van der Waals surface area contributed by atoms with E-state index < -0.39 is 11.5 Å². The Labute approximate surface area is 277 Å². The van der Waals surface area contributed by atoms with Gasteiger partial charge < -0.3 is 20.3 Å². The fraction of sp³-hybridized carbons (Fsp3) is 0.750. The highest BCUT2D eigenvalue weighted by Gasteiger charge is 2.69. The second-order valence-electron chi connectivity index (χ2n) is 17.7. The van der Waals surface area contributed by atoms with Gasteiger partial charge in [-0.05, 0) is 123 Å². The number of carbonyl (C=O) groups excluding carboxylic acids is 2. The van der Waals surface area contributed by atoms with Crippen molar-refractivity contribution in [2.24, 2.45) is 39.4 Å². The second-order valence-corrected chi connectivity index (χ2v) is 17.7. The van der Waals surface area contributed by atoms with Crippen molar-refractivity contribution in [1.82, 2.24) is 5.32 Å². The predicted octanol–water partition coefficient (Wildman–Crippen LogP) is 7.65. The summed E-state index contributed by atoms with van der Waals surface area (Å²) in [5, 5.41) is 25.0. The minimum Gasteiger partial charge on any atom is -0.508 e. The highest BCUT2D eigenvalue weighted by Crippen LogP contribution is 2.75. The molecule has 6 rings (SSSR count). The zero-order valence-corrected chi connectivity index (χ0v) is 29.9.